The minimum Gasteiger partial charge on any atom is -0.291 e. The predicted octanol–water partition coefficient (Wildman–Crippen LogP) is 2.31. The van der Waals surface area contributed by atoms with Crippen LogP contribution in [0, 0.1) is 0 Å². The summed E-state index contributed by atoms with van der Waals surface area (Å²) in [4.78, 5) is 2.01. The molecule has 13 heavy (non-hydrogen) atoms. The molecule has 0 spiro atoms. The number of alkyl halides is 2. The molecule has 0 aromatic heterocycles. The van der Waals surface area contributed by atoms with Crippen LogP contribution >= 0.6 is 0 Å². The zero-order valence-corrected chi connectivity index (χ0v) is 8.32. The molecule has 2 aliphatic heterocycles. The molecule has 2 fully saturated rings. The lowest BCUT2D eigenvalue weighted by molar-refractivity contribution is 0.178. The van der Waals surface area contributed by atoms with Crippen molar-refractivity contribution < 1.29 is 8.78 Å². The van der Waals surface area contributed by atoms with Crippen molar-refractivity contribution >= 4 is 0 Å². The number of rotatable bonds is 1. The van der Waals surface area contributed by atoms with E-state index in [2.05, 4.69) is 0 Å². The molecular weight excluding hydrogens is 172 g/mol. The van der Waals surface area contributed by atoms with E-state index in [1.165, 1.54) is 0 Å². The molecule has 2 heterocycles. The van der Waals surface area contributed by atoms with Crippen LogP contribution in [-0.4, -0.2) is 35.4 Å². The Labute approximate surface area is 78.1 Å². The lowest BCUT2D eigenvalue weighted by Crippen LogP contribution is -2.37. The second-order valence-corrected chi connectivity index (χ2v) is 4.85. The summed E-state index contributed by atoms with van der Waals surface area (Å²) in [6.07, 6.45) is 1.17. The number of nitrogens with zero attached hydrogens (tertiary/aromatic N) is 1. The lowest BCUT2D eigenvalue weighted by atomic mass is 9.87. The van der Waals surface area contributed by atoms with Crippen molar-refractivity contribution in [1.29, 1.82) is 0 Å². The summed E-state index contributed by atoms with van der Waals surface area (Å²) in [7, 11) is 0. The van der Waals surface area contributed by atoms with Crippen molar-refractivity contribution in [3.8, 4) is 0 Å². The Hall–Kier alpha value is -0.180. The molecule has 3 atom stereocenters. The summed E-state index contributed by atoms with van der Waals surface area (Å²) >= 11 is 0. The van der Waals surface area contributed by atoms with Gasteiger partial charge in [0.2, 0.25) is 0 Å². The smallest absolute Gasteiger partial charge is 0.122 e. The molecule has 1 unspecified atom stereocenters. The monoisotopic (exact) mass is 189 g/mol. The van der Waals surface area contributed by atoms with Crippen LogP contribution in [-0.2, 0) is 0 Å². The third-order valence-electron chi connectivity index (χ3n) is 3.57. The first-order valence-corrected chi connectivity index (χ1v) is 5.05. The van der Waals surface area contributed by atoms with Gasteiger partial charge in [0.1, 0.15) is 11.8 Å². The largest absolute Gasteiger partial charge is 0.291 e. The van der Waals surface area contributed by atoms with Gasteiger partial charge in [0.25, 0.3) is 0 Å². The van der Waals surface area contributed by atoms with Crippen LogP contribution in [0.3, 0.4) is 0 Å². The third-order valence-corrected chi connectivity index (χ3v) is 3.57. The molecule has 0 amide bonds. The zero-order valence-electron chi connectivity index (χ0n) is 8.32. The van der Waals surface area contributed by atoms with Gasteiger partial charge in [-0.15, -0.1) is 0 Å². The van der Waals surface area contributed by atoms with E-state index in [1.54, 1.807) is 6.92 Å². The van der Waals surface area contributed by atoms with E-state index < -0.39 is 11.8 Å². The zero-order chi connectivity index (χ0) is 9.69. The molecule has 0 radical (unpaired) electrons. The summed E-state index contributed by atoms with van der Waals surface area (Å²) in [5.41, 5.74) is -1.26. The fourth-order valence-electron chi connectivity index (χ4n) is 3.09. The molecular formula is C10H17F2N. The first-order valence-electron chi connectivity index (χ1n) is 5.05. The highest BCUT2D eigenvalue weighted by atomic mass is 19.1. The maximum Gasteiger partial charge on any atom is 0.122 e. The van der Waals surface area contributed by atoms with Gasteiger partial charge in [0, 0.05) is 25.0 Å². The van der Waals surface area contributed by atoms with Gasteiger partial charge in [0.05, 0.1) is 0 Å². The normalized spacial score (nSPS) is 51.2. The first-order chi connectivity index (χ1) is 5.97. The van der Waals surface area contributed by atoms with Crippen molar-refractivity contribution in [2.24, 2.45) is 0 Å². The summed E-state index contributed by atoms with van der Waals surface area (Å²) in [5.74, 6) is 0. The standard InChI is InChI=1S/C10H17F2N/c1-3-10-4-8(11)5-13(10)7-9(2,12)6-10/h8H,3-7H2,1-2H3/t8-,9?,10-/m1/s1. The highest BCUT2D eigenvalue weighted by Gasteiger charge is 2.55. The van der Waals surface area contributed by atoms with E-state index in [-0.39, 0.29) is 5.54 Å². The Morgan fingerprint density at radius 1 is 1.54 bits per heavy atom. The highest BCUT2D eigenvalue weighted by molar-refractivity contribution is 5.09. The molecule has 0 N–H and O–H groups in total. The van der Waals surface area contributed by atoms with Gasteiger partial charge in [-0.25, -0.2) is 8.78 Å². The maximum atomic E-state index is 13.7. The van der Waals surface area contributed by atoms with E-state index in [0.29, 0.717) is 25.9 Å². The van der Waals surface area contributed by atoms with Crippen LogP contribution in [0.25, 0.3) is 0 Å². The third kappa shape index (κ3) is 1.37. The molecule has 0 bridgehead atoms. The first kappa shape index (κ1) is 9.38. The van der Waals surface area contributed by atoms with Crippen LogP contribution in [0.15, 0.2) is 0 Å². The Kier molecular flexibility index (Phi) is 1.92. The van der Waals surface area contributed by atoms with Crippen molar-refractivity contribution in [2.75, 3.05) is 13.1 Å². The fourth-order valence-corrected chi connectivity index (χ4v) is 3.09. The number of hydrogen-bond acceptors (Lipinski definition) is 1. The summed E-state index contributed by atoms with van der Waals surface area (Å²) < 4.78 is 26.9. The number of halogens is 2. The molecule has 3 heteroatoms. The molecule has 0 aliphatic carbocycles. The highest BCUT2D eigenvalue weighted by Crippen LogP contribution is 2.47. The van der Waals surface area contributed by atoms with Crippen LogP contribution < -0.4 is 0 Å². The number of hydrogen-bond donors (Lipinski definition) is 0. The summed E-state index contributed by atoms with van der Waals surface area (Å²) in [6.45, 7) is 4.52. The summed E-state index contributed by atoms with van der Waals surface area (Å²) in [5, 5.41) is 0. The van der Waals surface area contributed by atoms with Crippen LogP contribution in [0.1, 0.15) is 33.1 Å². The molecule has 2 rings (SSSR count). The van der Waals surface area contributed by atoms with Crippen molar-refractivity contribution in [3.63, 3.8) is 0 Å². The van der Waals surface area contributed by atoms with Crippen molar-refractivity contribution in [2.45, 2.75) is 50.5 Å². The fraction of sp³-hybridized carbons (Fsp3) is 1.00. The van der Waals surface area contributed by atoms with Crippen molar-refractivity contribution in [1.82, 2.24) is 4.90 Å². The Morgan fingerprint density at radius 2 is 2.23 bits per heavy atom. The second kappa shape index (κ2) is 2.66. The van der Waals surface area contributed by atoms with E-state index in [9.17, 15) is 8.78 Å². The topological polar surface area (TPSA) is 3.24 Å². The Balaban J connectivity index is 2.20. The molecule has 2 saturated heterocycles. The average Bonchev–Trinajstić information content (AvgIpc) is 2.36. The molecule has 2 aliphatic rings. The maximum absolute atomic E-state index is 13.7. The van der Waals surface area contributed by atoms with Gasteiger partial charge in [-0.3, -0.25) is 4.90 Å². The average molecular weight is 189 g/mol. The molecule has 76 valence electrons. The van der Waals surface area contributed by atoms with Gasteiger partial charge in [-0.2, -0.15) is 0 Å². The van der Waals surface area contributed by atoms with Crippen LogP contribution in [0.2, 0.25) is 0 Å². The van der Waals surface area contributed by atoms with Gasteiger partial charge in [-0.05, 0) is 19.8 Å². The van der Waals surface area contributed by atoms with E-state index in [1.807, 2.05) is 11.8 Å². The molecule has 0 aromatic rings. The van der Waals surface area contributed by atoms with Gasteiger partial charge >= 0.3 is 0 Å². The van der Waals surface area contributed by atoms with Crippen LogP contribution in [0.4, 0.5) is 8.78 Å². The SMILES string of the molecule is CC[C@]12C[C@@H](F)CN1CC(C)(F)C2. The number of fused-ring (bicyclic) bond motifs is 1. The van der Waals surface area contributed by atoms with Gasteiger partial charge in [-0.1, -0.05) is 6.92 Å². The molecule has 0 saturated carbocycles. The lowest BCUT2D eigenvalue weighted by Gasteiger charge is -2.29. The van der Waals surface area contributed by atoms with Gasteiger partial charge in [0.15, 0.2) is 0 Å². The van der Waals surface area contributed by atoms with E-state index in [0.717, 1.165) is 6.42 Å². The predicted molar refractivity (Wildman–Crippen MR) is 48.2 cm³/mol. The Morgan fingerprint density at radius 3 is 2.77 bits per heavy atom. The van der Waals surface area contributed by atoms with Gasteiger partial charge < -0.3 is 0 Å². The Bertz CT molecular complexity index is 217. The molecule has 0 aromatic carbocycles. The minimum absolute atomic E-state index is 0.164. The van der Waals surface area contributed by atoms with E-state index >= 15 is 0 Å². The van der Waals surface area contributed by atoms with Crippen LogP contribution in [0.5, 0.6) is 0 Å². The van der Waals surface area contributed by atoms with E-state index in [4.69, 9.17) is 0 Å². The molecule has 1 nitrogen and oxygen atoms in total. The second-order valence-electron chi connectivity index (χ2n) is 4.85. The van der Waals surface area contributed by atoms with Crippen molar-refractivity contribution in [3.05, 3.63) is 0 Å². The quantitative estimate of drug-likeness (QED) is 0.612. The minimum atomic E-state index is -1.10. The summed E-state index contributed by atoms with van der Waals surface area (Å²) in [6, 6.07) is 0.